The van der Waals surface area contributed by atoms with Gasteiger partial charge in [-0.2, -0.15) is 0 Å². The molecule has 1 heterocycles. The highest BCUT2D eigenvalue weighted by Gasteiger charge is 2.26. The third-order valence-electron chi connectivity index (χ3n) is 5.22. The summed E-state index contributed by atoms with van der Waals surface area (Å²) in [6.07, 6.45) is 1.08. The molecule has 2 N–H and O–H groups in total. The summed E-state index contributed by atoms with van der Waals surface area (Å²) in [6, 6.07) is 18.2. The van der Waals surface area contributed by atoms with Crippen molar-refractivity contribution in [1.82, 2.24) is 15.5 Å². The quantitative estimate of drug-likeness (QED) is 0.531. The molecule has 1 saturated heterocycles. The Labute approximate surface area is 185 Å². The van der Waals surface area contributed by atoms with Crippen molar-refractivity contribution in [2.24, 2.45) is 4.99 Å². The highest BCUT2D eigenvalue weighted by atomic mass is 16.5. The van der Waals surface area contributed by atoms with E-state index < -0.39 is 0 Å². The van der Waals surface area contributed by atoms with E-state index in [0.29, 0.717) is 25.2 Å². The lowest BCUT2D eigenvalue weighted by molar-refractivity contribution is -0.0586. The number of morpholine rings is 1. The average molecular weight is 423 g/mol. The first kappa shape index (κ1) is 22.8. The van der Waals surface area contributed by atoms with E-state index in [1.165, 1.54) is 5.56 Å². The maximum atomic E-state index is 12.8. The lowest BCUT2D eigenvalue weighted by Crippen LogP contribution is -2.48. The van der Waals surface area contributed by atoms with Crippen LogP contribution in [0.4, 0.5) is 0 Å². The average Bonchev–Trinajstić information content (AvgIpc) is 2.77. The standard InChI is InChI=1S/C25H34N4O2/c1-4-26-25(27-15-14-21-8-6-5-7-9-21)28-16-22-10-12-23(13-11-22)24(30)29-17-19(2)31-20(3)18-29/h5-13,19-20H,4,14-18H2,1-3H3,(H2,26,27,28). The van der Waals surface area contributed by atoms with Crippen LogP contribution in [0.5, 0.6) is 0 Å². The van der Waals surface area contributed by atoms with Crippen LogP contribution < -0.4 is 10.6 Å². The van der Waals surface area contributed by atoms with Gasteiger partial charge >= 0.3 is 0 Å². The van der Waals surface area contributed by atoms with Crippen LogP contribution in [0.2, 0.25) is 0 Å². The van der Waals surface area contributed by atoms with Gasteiger partial charge in [0.1, 0.15) is 0 Å². The number of aliphatic imine (C=N–C) groups is 1. The number of nitrogens with one attached hydrogen (secondary N) is 2. The highest BCUT2D eigenvalue weighted by molar-refractivity contribution is 5.94. The monoisotopic (exact) mass is 422 g/mol. The Kier molecular flexibility index (Phi) is 8.47. The van der Waals surface area contributed by atoms with E-state index in [1.54, 1.807) is 0 Å². The van der Waals surface area contributed by atoms with Gasteiger partial charge in [-0.15, -0.1) is 0 Å². The molecule has 0 saturated carbocycles. The van der Waals surface area contributed by atoms with Crippen molar-refractivity contribution in [3.05, 3.63) is 71.3 Å². The van der Waals surface area contributed by atoms with Gasteiger partial charge in [0.25, 0.3) is 5.91 Å². The van der Waals surface area contributed by atoms with E-state index in [9.17, 15) is 4.79 Å². The second kappa shape index (κ2) is 11.5. The summed E-state index contributed by atoms with van der Waals surface area (Å²) in [6.45, 7) is 9.52. The SMILES string of the molecule is CCNC(=NCc1ccc(C(=O)N2CC(C)OC(C)C2)cc1)NCCc1ccccc1. The summed E-state index contributed by atoms with van der Waals surface area (Å²) in [5.41, 5.74) is 3.08. The summed E-state index contributed by atoms with van der Waals surface area (Å²) >= 11 is 0. The maximum absolute atomic E-state index is 12.8. The number of carbonyl (C=O) groups is 1. The molecule has 6 nitrogen and oxygen atoms in total. The van der Waals surface area contributed by atoms with E-state index in [4.69, 9.17) is 4.74 Å². The smallest absolute Gasteiger partial charge is 0.254 e. The van der Waals surface area contributed by atoms with Gasteiger partial charge in [0.05, 0.1) is 18.8 Å². The Bertz CT molecular complexity index is 842. The van der Waals surface area contributed by atoms with Crippen molar-refractivity contribution >= 4 is 11.9 Å². The number of nitrogens with zero attached hydrogens (tertiary/aromatic N) is 2. The molecule has 1 fully saturated rings. The lowest BCUT2D eigenvalue weighted by atomic mass is 10.1. The zero-order chi connectivity index (χ0) is 22.1. The number of hydrogen-bond donors (Lipinski definition) is 2. The van der Waals surface area contributed by atoms with E-state index in [-0.39, 0.29) is 18.1 Å². The Morgan fingerprint density at radius 3 is 2.32 bits per heavy atom. The number of amides is 1. The van der Waals surface area contributed by atoms with Gasteiger partial charge in [0.2, 0.25) is 0 Å². The normalized spacial score (nSPS) is 19.2. The van der Waals surface area contributed by atoms with Gasteiger partial charge in [-0.25, -0.2) is 4.99 Å². The molecule has 31 heavy (non-hydrogen) atoms. The summed E-state index contributed by atoms with van der Waals surface area (Å²) in [7, 11) is 0. The van der Waals surface area contributed by atoms with Crippen molar-refractivity contribution in [2.45, 2.75) is 45.9 Å². The number of carbonyl (C=O) groups excluding carboxylic acids is 1. The first-order chi connectivity index (χ1) is 15.0. The van der Waals surface area contributed by atoms with Gasteiger partial charge in [0, 0.05) is 31.7 Å². The number of benzene rings is 2. The first-order valence-corrected chi connectivity index (χ1v) is 11.1. The fraction of sp³-hybridized carbons (Fsp3) is 0.440. The van der Waals surface area contributed by atoms with E-state index >= 15 is 0 Å². The Morgan fingerprint density at radius 2 is 1.68 bits per heavy atom. The molecule has 2 aromatic rings. The van der Waals surface area contributed by atoms with Crippen LogP contribution in [0.25, 0.3) is 0 Å². The molecular weight excluding hydrogens is 388 g/mol. The van der Waals surface area contributed by atoms with Crippen molar-refractivity contribution in [3.63, 3.8) is 0 Å². The summed E-state index contributed by atoms with van der Waals surface area (Å²) in [5.74, 6) is 0.864. The zero-order valence-corrected chi connectivity index (χ0v) is 18.8. The summed E-state index contributed by atoms with van der Waals surface area (Å²) in [5, 5.41) is 6.67. The summed E-state index contributed by atoms with van der Waals surface area (Å²) in [4.78, 5) is 19.4. The van der Waals surface area contributed by atoms with E-state index in [1.807, 2.05) is 49.1 Å². The number of rotatable bonds is 7. The van der Waals surface area contributed by atoms with Crippen LogP contribution in [0.15, 0.2) is 59.6 Å². The molecule has 3 rings (SSSR count). The molecule has 2 atom stereocenters. The molecule has 2 aromatic carbocycles. The topological polar surface area (TPSA) is 66.0 Å². The largest absolute Gasteiger partial charge is 0.372 e. The first-order valence-electron chi connectivity index (χ1n) is 11.1. The Balaban J connectivity index is 1.54. The predicted molar refractivity (Wildman–Crippen MR) is 125 cm³/mol. The lowest BCUT2D eigenvalue weighted by Gasteiger charge is -2.35. The molecule has 2 unspecified atom stereocenters. The van der Waals surface area contributed by atoms with Crippen LogP contribution in [-0.4, -0.2) is 55.2 Å². The molecule has 0 aromatic heterocycles. The van der Waals surface area contributed by atoms with Gasteiger partial charge in [0.15, 0.2) is 5.96 Å². The summed E-state index contributed by atoms with van der Waals surface area (Å²) < 4.78 is 5.73. The number of hydrogen-bond acceptors (Lipinski definition) is 3. The van der Waals surface area contributed by atoms with Gasteiger partial charge in [-0.1, -0.05) is 42.5 Å². The van der Waals surface area contributed by atoms with Crippen LogP contribution in [0, 0.1) is 0 Å². The number of ether oxygens (including phenoxy) is 1. The van der Waals surface area contributed by atoms with Crippen molar-refractivity contribution in [3.8, 4) is 0 Å². The molecule has 0 bridgehead atoms. The Hall–Kier alpha value is -2.86. The minimum Gasteiger partial charge on any atom is -0.372 e. The Morgan fingerprint density at radius 1 is 1.00 bits per heavy atom. The fourth-order valence-corrected chi connectivity index (χ4v) is 3.76. The molecule has 1 amide bonds. The molecule has 1 aliphatic heterocycles. The zero-order valence-electron chi connectivity index (χ0n) is 18.8. The maximum Gasteiger partial charge on any atom is 0.254 e. The minimum absolute atomic E-state index is 0.0629. The van der Waals surface area contributed by atoms with E-state index in [0.717, 1.165) is 31.0 Å². The van der Waals surface area contributed by atoms with Gasteiger partial charge in [-0.3, -0.25) is 4.79 Å². The van der Waals surface area contributed by atoms with Gasteiger partial charge < -0.3 is 20.3 Å². The predicted octanol–water partition coefficient (Wildman–Crippen LogP) is 3.23. The molecule has 0 spiro atoms. The molecule has 166 valence electrons. The molecule has 1 aliphatic rings. The minimum atomic E-state index is 0.0629. The third-order valence-corrected chi connectivity index (χ3v) is 5.22. The van der Waals surface area contributed by atoms with Gasteiger partial charge in [-0.05, 0) is 50.5 Å². The van der Waals surface area contributed by atoms with Crippen molar-refractivity contribution < 1.29 is 9.53 Å². The molecule has 0 radical (unpaired) electrons. The van der Waals surface area contributed by atoms with Crippen molar-refractivity contribution in [1.29, 1.82) is 0 Å². The van der Waals surface area contributed by atoms with Crippen LogP contribution in [0.3, 0.4) is 0 Å². The molecule has 0 aliphatic carbocycles. The second-order valence-electron chi connectivity index (χ2n) is 8.02. The van der Waals surface area contributed by atoms with Crippen molar-refractivity contribution in [2.75, 3.05) is 26.2 Å². The molecular formula is C25H34N4O2. The van der Waals surface area contributed by atoms with Crippen LogP contribution in [0.1, 0.15) is 42.3 Å². The third kappa shape index (κ3) is 7.10. The van der Waals surface area contributed by atoms with Crippen LogP contribution in [-0.2, 0) is 17.7 Å². The fourth-order valence-electron chi connectivity index (χ4n) is 3.76. The van der Waals surface area contributed by atoms with Crippen LogP contribution >= 0.6 is 0 Å². The molecule has 6 heteroatoms. The second-order valence-corrected chi connectivity index (χ2v) is 8.02. The highest BCUT2D eigenvalue weighted by Crippen LogP contribution is 2.15. The number of guanidine groups is 1. The van der Waals surface area contributed by atoms with E-state index in [2.05, 4.69) is 46.8 Å².